The number of alkyl halides is 3. The van der Waals surface area contributed by atoms with E-state index in [0.717, 1.165) is 12.1 Å². The molecule has 3 aromatic rings. The van der Waals surface area contributed by atoms with Gasteiger partial charge in [-0.15, -0.1) is 0 Å². The Kier molecular flexibility index (Phi) is 10.1. The van der Waals surface area contributed by atoms with Crippen LogP contribution < -0.4 is 10.6 Å². The number of hydrogen-bond acceptors (Lipinski definition) is 5. The van der Waals surface area contributed by atoms with E-state index in [9.17, 15) is 32.8 Å². The van der Waals surface area contributed by atoms with Gasteiger partial charge < -0.3 is 15.5 Å². The standard InChI is InChI=1S/C25H21F3N6O3.C5H12/c26-25(27,28)18-6-8-20(9-7-18)34-15-17(12-31-34)23(36)30-13-22(35)33-14-16(10-21(33)11-29)24(37)32-19-4-2-1-3-5-19;1-5(2,3)4/h1-9,12,15-16,21H,10,13-14H2,(H,30,36)(H,32,37);1-4H3. The first kappa shape index (κ1) is 31.9. The number of hydrogen-bond donors (Lipinski definition) is 2. The molecule has 9 nitrogen and oxygen atoms in total. The van der Waals surface area contributed by atoms with Gasteiger partial charge in [-0.05, 0) is 48.2 Å². The van der Waals surface area contributed by atoms with Gasteiger partial charge in [0.15, 0.2) is 0 Å². The lowest BCUT2D eigenvalue weighted by atomic mass is 10.0. The molecule has 222 valence electrons. The molecule has 1 aliphatic rings. The second-order valence-corrected chi connectivity index (χ2v) is 11.4. The lowest BCUT2D eigenvalue weighted by Crippen LogP contribution is -2.42. The number of halogens is 3. The Hall–Kier alpha value is -4.66. The number of likely N-dealkylation sites (tertiary alicyclic amines) is 1. The Morgan fingerprint density at radius 2 is 1.64 bits per heavy atom. The fourth-order valence-electron chi connectivity index (χ4n) is 3.93. The van der Waals surface area contributed by atoms with Crippen molar-refractivity contribution >= 4 is 23.4 Å². The summed E-state index contributed by atoms with van der Waals surface area (Å²) in [4.78, 5) is 39.1. The summed E-state index contributed by atoms with van der Waals surface area (Å²) in [6.07, 6.45) is -1.75. The van der Waals surface area contributed by atoms with Crippen LogP contribution in [0.25, 0.3) is 5.69 Å². The minimum atomic E-state index is -4.47. The summed E-state index contributed by atoms with van der Waals surface area (Å²) in [7, 11) is 0. The Bertz CT molecular complexity index is 1420. The first-order valence-corrected chi connectivity index (χ1v) is 13.2. The Labute approximate surface area is 242 Å². The largest absolute Gasteiger partial charge is 0.416 e. The third kappa shape index (κ3) is 9.19. The van der Waals surface area contributed by atoms with E-state index in [-0.39, 0.29) is 24.4 Å². The van der Waals surface area contributed by atoms with Gasteiger partial charge in [-0.25, -0.2) is 4.68 Å². The molecule has 12 heteroatoms. The molecule has 0 bridgehead atoms. The van der Waals surface area contributed by atoms with Gasteiger partial charge in [0.2, 0.25) is 11.8 Å². The summed E-state index contributed by atoms with van der Waals surface area (Å²) in [6.45, 7) is 8.38. The van der Waals surface area contributed by atoms with E-state index >= 15 is 0 Å². The Morgan fingerprint density at radius 1 is 1.02 bits per heavy atom. The topological polar surface area (TPSA) is 120 Å². The molecule has 2 atom stereocenters. The van der Waals surface area contributed by atoms with E-state index in [2.05, 4.69) is 43.4 Å². The number of anilines is 1. The zero-order valence-electron chi connectivity index (χ0n) is 23.8. The van der Waals surface area contributed by atoms with Crippen LogP contribution in [-0.2, 0) is 15.8 Å². The quantitative estimate of drug-likeness (QED) is 0.421. The van der Waals surface area contributed by atoms with Crippen molar-refractivity contribution in [1.29, 1.82) is 5.26 Å². The van der Waals surface area contributed by atoms with Crippen molar-refractivity contribution in [2.24, 2.45) is 11.3 Å². The van der Waals surface area contributed by atoms with Crippen LogP contribution in [-0.4, -0.2) is 51.5 Å². The van der Waals surface area contributed by atoms with E-state index in [1.165, 1.54) is 34.1 Å². The molecule has 4 rings (SSSR count). The zero-order chi connectivity index (χ0) is 31.1. The Morgan fingerprint density at radius 3 is 2.21 bits per heavy atom. The lowest BCUT2D eigenvalue weighted by Gasteiger charge is -2.19. The predicted molar refractivity (Wildman–Crippen MR) is 150 cm³/mol. The van der Waals surface area contributed by atoms with E-state index < -0.39 is 42.1 Å². The van der Waals surface area contributed by atoms with Crippen LogP contribution in [0.1, 0.15) is 50.0 Å². The molecular weight excluding hydrogens is 549 g/mol. The van der Waals surface area contributed by atoms with Crippen LogP contribution in [0.2, 0.25) is 0 Å². The minimum Gasteiger partial charge on any atom is -0.343 e. The number of benzene rings is 2. The van der Waals surface area contributed by atoms with Crippen molar-refractivity contribution in [3.05, 3.63) is 78.1 Å². The van der Waals surface area contributed by atoms with Gasteiger partial charge in [0, 0.05) is 18.4 Å². The van der Waals surface area contributed by atoms with Crippen LogP contribution in [0.4, 0.5) is 18.9 Å². The monoisotopic (exact) mass is 582 g/mol. The van der Waals surface area contributed by atoms with E-state index in [0.29, 0.717) is 16.8 Å². The number of nitrogens with one attached hydrogen (secondary N) is 2. The average molecular weight is 583 g/mol. The third-order valence-corrected chi connectivity index (χ3v) is 5.89. The summed E-state index contributed by atoms with van der Waals surface area (Å²) < 4.78 is 39.5. The second kappa shape index (κ2) is 13.3. The number of carbonyl (C=O) groups is 3. The zero-order valence-corrected chi connectivity index (χ0v) is 23.8. The van der Waals surface area contributed by atoms with E-state index in [4.69, 9.17) is 0 Å². The normalized spacial score (nSPS) is 16.6. The van der Waals surface area contributed by atoms with Gasteiger partial charge in [0.05, 0.1) is 41.5 Å². The highest BCUT2D eigenvalue weighted by molar-refractivity contribution is 5.97. The maximum Gasteiger partial charge on any atom is 0.416 e. The van der Waals surface area contributed by atoms with Gasteiger partial charge in [0.1, 0.15) is 6.04 Å². The highest BCUT2D eigenvalue weighted by Gasteiger charge is 2.39. The fraction of sp³-hybridized carbons (Fsp3) is 0.367. The molecule has 2 unspecified atom stereocenters. The SMILES string of the molecule is CC(C)(C)C.N#CC1CC(C(=O)Nc2ccccc2)CN1C(=O)CNC(=O)c1cnn(-c2ccc(C(F)(F)F)cc2)c1. The maximum absolute atomic E-state index is 12.7. The molecule has 2 heterocycles. The number of aromatic nitrogens is 2. The van der Waals surface area contributed by atoms with Crippen LogP contribution in [0.15, 0.2) is 67.0 Å². The van der Waals surface area contributed by atoms with Crippen LogP contribution in [0, 0.1) is 22.7 Å². The number of amides is 3. The molecular formula is C30H33F3N6O3. The molecule has 1 fully saturated rings. The van der Waals surface area contributed by atoms with Gasteiger partial charge in [-0.2, -0.15) is 23.5 Å². The molecule has 1 saturated heterocycles. The summed E-state index contributed by atoms with van der Waals surface area (Å²) in [5.74, 6) is -2.03. The van der Waals surface area contributed by atoms with Crippen molar-refractivity contribution in [3.8, 4) is 11.8 Å². The van der Waals surface area contributed by atoms with Crippen molar-refractivity contribution in [3.63, 3.8) is 0 Å². The van der Waals surface area contributed by atoms with Crippen molar-refractivity contribution in [2.45, 2.75) is 46.3 Å². The highest BCUT2D eigenvalue weighted by Crippen LogP contribution is 2.29. The summed E-state index contributed by atoms with van der Waals surface area (Å²) in [5.41, 5.74) is 0.704. The van der Waals surface area contributed by atoms with Crippen LogP contribution in [0.5, 0.6) is 0 Å². The van der Waals surface area contributed by atoms with Crippen molar-refractivity contribution in [2.75, 3.05) is 18.4 Å². The molecule has 3 amide bonds. The molecule has 1 aliphatic heterocycles. The first-order chi connectivity index (χ1) is 19.7. The van der Waals surface area contributed by atoms with E-state index in [1.807, 2.05) is 12.1 Å². The Balaban J connectivity index is 0.000000892. The maximum atomic E-state index is 12.7. The van der Waals surface area contributed by atoms with Gasteiger partial charge >= 0.3 is 6.18 Å². The molecule has 2 aromatic carbocycles. The number of para-hydroxylation sites is 1. The molecule has 1 aromatic heterocycles. The summed E-state index contributed by atoms with van der Waals surface area (Å²) in [6, 6.07) is 14.3. The average Bonchev–Trinajstić information content (AvgIpc) is 3.59. The van der Waals surface area contributed by atoms with Crippen LogP contribution in [0.3, 0.4) is 0 Å². The fourth-order valence-corrected chi connectivity index (χ4v) is 3.93. The molecule has 0 aliphatic carbocycles. The van der Waals surface area contributed by atoms with Gasteiger partial charge in [-0.3, -0.25) is 14.4 Å². The molecule has 0 spiro atoms. The number of nitriles is 1. The molecule has 0 saturated carbocycles. The van der Waals surface area contributed by atoms with Crippen molar-refractivity contribution < 1.29 is 27.6 Å². The van der Waals surface area contributed by atoms with Gasteiger partial charge in [-0.1, -0.05) is 45.9 Å². The predicted octanol–water partition coefficient (Wildman–Crippen LogP) is 5.05. The summed E-state index contributed by atoms with van der Waals surface area (Å²) in [5, 5.41) is 18.7. The van der Waals surface area contributed by atoms with Crippen molar-refractivity contribution in [1.82, 2.24) is 20.0 Å². The lowest BCUT2D eigenvalue weighted by molar-refractivity contribution is -0.137. The first-order valence-electron chi connectivity index (χ1n) is 13.2. The molecule has 2 N–H and O–H groups in total. The number of carbonyl (C=O) groups excluding carboxylic acids is 3. The van der Waals surface area contributed by atoms with Crippen LogP contribution >= 0.6 is 0 Å². The summed E-state index contributed by atoms with van der Waals surface area (Å²) >= 11 is 0. The highest BCUT2D eigenvalue weighted by atomic mass is 19.4. The van der Waals surface area contributed by atoms with Gasteiger partial charge in [0.25, 0.3) is 5.91 Å². The van der Waals surface area contributed by atoms with E-state index in [1.54, 1.807) is 24.3 Å². The minimum absolute atomic E-state index is 0.0391. The third-order valence-electron chi connectivity index (χ3n) is 5.89. The second-order valence-electron chi connectivity index (χ2n) is 11.4. The molecule has 0 radical (unpaired) electrons. The number of nitrogens with zero attached hydrogens (tertiary/aromatic N) is 4. The number of rotatable bonds is 6. The molecule has 42 heavy (non-hydrogen) atoms. The smallest absolute Gasteiger partial charge is 0.343 e.